The largest absolute Gasteiger partial charge is 0.481 e. The Kier molecular flexibility index (Phi) is 4.89. The predicted molar refractivity (Wildman–Crippen MR) is 87.6 cm³/mol. The SMILES string of the molecule is O=C(O)CC1CCCN1C(=O)c1csc(Cc2cccc(F)c2)n1. The fraction of sp³-hybridized carbons (Fsp3) is 0.353. The summed E-state index contributed by atoms with van der Waals surface area (Å²) in [5.74, 6) is -1.42. The van der Waals surface area contributed by atoms with Crippen molar-refractivity contribution in [1.29, 1.82) is 0 Å². The first kappa shape index (κ1) is 16.6. The van der Waals surface area contributed by atoms with Crippen LogP contribution in [0.4, 0.5) is 4.39 Å². The molecular formula is C17H17FN2O3S. The molecule has 24 heavy (non-hydrogen) atoms. The van der Waals surface area contributed by atoms with Crippen molar-refractivity contribution < 1.29 is 19.1 Å². The number of aromatic nitrogens is 1. The van der Waals surface area contributed by atoms with Gasteiger partial charge in [-0.3, -0.25) is 9.59 Å². The van der Waals surface area contributed by atoms with Gasteiger partial charge in [0.25, 0.3) is 5.91 Å². The number of aliphatic carboxylic acids is 1. The highest BCUT2D eigenvalue weighted by molar-refractivity contribution is 7.09. The molecule has 2 heterocycles. The smallest absolute Gasteiger partial charge is 0.305 e. The Balaban J connectivity index is 1.70. The Labute approximate surface area is 142 Å². The number of hydrogen-bond donors (Lipinski definition) is 1. The molecule has 0 bridgehead atoms. The molecule has 0 radical (unpaired) electrons. The summed E-state index contributed by atoms with van der Waals surface area (Å²) in [6.07, 6.45) is 1.95. The molecular weight excluding hydrogens is 331 g/mol. The lowest BCUT2D eigenvalue weighted by molar-refractivity contribution is -0.137. The van der Waals surface area contributed by atoms with Crippen molar-refractivity contribution in [3.8, 4) is 0 Å². The van der Waals surface area contributed by atoms with Crippen LogP contribution in [0.15, 0.2) is 29.6 Å². The van der Waals surface area contributed by atoms with Crippen molar-refractivity contribution in [2.75, 3.05) is 6.54 Å². The molecule has 1 aliphatic rings. The Morgan fingerprint density at radius 1 is 1.42 bits per heavy atom. The van der Waals surface area contributed by atoms with Crippen molar-refractivity contribution in [2.24, 2.45) is 0 Å². The third-order valence-corrected chi connectivity index (χ3v) is 4.91. The molecule has 1 fully saturated rings. The fourth-order valence-corrected chi connectivity index (χ4v) is 3.78. The van der Waals surface area contributed by atoms with Crippen molar-refractivity contribution in [2.45, 2.75) is 31.7 Å². The summed E-state index contributed by atoms with van der Waals surface area (Å²) in [7, 11) is 0. The Bertz CT molecular complexity index is 762. The van der Waals surface area contributed by atoms with Crippen molar-refractivity contribution >= 4 is 23.2 Å². The molecule has 1 amide bonds. The van der Waals surface area contributed by atoms with Gasteiger partial charge in [0.15, 0.2) is 0 Å². The summed E-state index contributed by atoms with van der Waals surface area (Å²) in [6.45, 7) is 0.563. The zero-order valence-electron chi connectivity index (χ0n) is 12.9. The maximum atomic E-state index is 13.2. The van der Waals surface area contributed by atoms with E-state index in [1.54, 1.807) is 16.3 Å². The third-order valence-electron chi connectivity index (χ3n) is 4.06. The topological polar surface area (TPSA) is 70.5 Å². The minimum atomic E-state index is -0.898. The van der Waals surface area contributed by atoms with Crippen LogP contribution in [-0.4, -0.2) is 39.5 Å². The summed E-state index contributed by atoms with van der Waals surface area (Å²) in [5, 5.41) is 11.4. The minimum absolute atomic E-state index is 0.0357. The highest BCUT2D eigenvalue weighted by atomic mass is 32.1. The van der Waals surface area contributed by atoms with Crippen molar-refractivity contribution in [1.82, 2.24) is 9.88 Å². The van der Waals surface area contributed by atoms with Gasteiger partial charge in [-0.1, -0.05) is 12.1 Å². The maximum Gasteiger partial charge on any atom is 0.305 e. The van der Waals surface area contributed by atoms with Gasteiger partial charge in [-0.15, -0.1) is 11.3 Å². The van der Waals surface area contributed by atoms with Gasteiger partial charge in [0.2, 0.25) is 0 Å². The summed E-state index contributed by atoms with van der Waals surface area (Å²) in [5.41, 5.74) is 1.14. The normalized spacial score (nSPS) is 17.2. The Hall–Kier alpha value is -2.28. The summed E-state index contributed by atoms with van der Waals surface area (Å²) >= 11 is 1.36. The lowest BCUT2D eigenvalue weighted by Gasteiger charge is -2.22. The number of nitrogens with zero attached hydrogens (tertiary/aromatic N) is 2. The molecule has 1 atom stereocenters. The van der Waals surface area contributed by atoms with E-state index in [0.717, 1.165) is 17.0 Å². The lowest BCUT2D eigenvalue weighted by Crippen LogP contribution is -2.37. The van der Waals surface area contributed by atoms with E-state index in [4.69, 9.17) is 5.11 Å². The first-order chi connectivity index (χ1) is 11.5. The molecule has 1 aliphatic heterocycles. The van der Waals surface area contributed by atoms with Gasteiger partial charge < -0.3 is 10.0 Å². The number of benzene rings is 1. The van der Waals surface area contributed by atoms with Crippen LogP contribution < -0.4 is 0 Å². The molecule has 2 aromatic rings. The monoisotopic (exact) mass is 348 g/mol. The molecule has 0 spiro atoms. The second-order valence-electron chi connectivity index (χ2n) is 5.83. The van der Waals surface area contributed by atoms with E-state index in [-0.39, 0.29) is 24.2 Å². The molecule has 126 valence electrons. The molecule has 7 heteroatoms. The molecule has 5 nitrogen and oxygen atoms in total. The van der Waals surface area contributed by atoms with Gasteiger partial charge >= 0.3 is 5.97 Å². The standard InChI is InChI=1S/C17H17FN2O3S/c18-12-4-1-3-11(7-12)8-15-19-14(10-24-15)17(23)20-6-2-5-13(20)9-16(21)22/h1,3-4,7,10,13H,2,5-6,8-9H2,(H,21,22). The van der Waals surface area contributed by atoms with Crippen LogP contribution >= 0.6 is 11.3 Å². The number of carboxylic acid groups (broad SMARTS) is 1. The number of halogens is 1. The van der Waals surface area contributed by atoms with E-state index < -0.39 is 5.97 Å². The van der Waals surface area contributed by atoms with E-state index >= 15 is 0 Å². The summed E-state index contributed by atoms with van der Waals surface area (Å²) in [4.78, 5) is 29.4. The minimum Gasteiger partial charge on any atom is -0.481 e. The first-order valence-electron chi connectivity index (χ1n) is 7.74. The van der Waals surface area contributed by atoms with E-state index in [2.05, 4.69) is 4.98 Å². The quantitative estimate of drug-likeness (QED) is 0.902. The molecule has 1 N–H and O–H groups in total. The van der Waals surface area contributed by atoms with Gasteiger partial charge in [-0.05, 0) is 30.5 Å². The van der Waals surface area contributed by atoms with Gasteiger partial charge in [0, 0.05) is 24.4 Å². The number of hydrogen-bond acceptors (Lipinski definition) is 4. The molecule has 1 unspecified atom stereocenters. The van der Waals surface area contributed by atoms with Gasteiger partial charge in [-0.2, -0.15) is 0 Å². The van der Waals surface area contributed by atoms with Crippen LogP contribution in [0.3, 0.4) is 0 Å². The van der Waals surface area contributed by atoms with E-state index in [1.165, 1.54) is 23.5 Å². The van der Waals surface area contributed by atoms with E-state index in [0.29, 0.717) is 25.1 Å². The second kappa shape index (κ2) is 7.09. The van der Waals surface area contributed by atoms with Crippen LogP contribution in [0.2, 0.25) is 0 Å². The number of carboxylic acids is 1. The zero-order chi connectivity index (χ0) is 17.1. The Morgan fingerprint density at radius 3 is 3.00 bits per heavy atom. The fourth-order valence-electron chi connectivity index (χ4n) is 2.98. The number of amides is 1. The van der Waals surface area contributed by atoms with Crippen LogP contribution in [0.25, 0.3) is 0 Å². The van der Waals surface area contributed by atoms with Gasteiger partial charge in [0.05, 0.1) is 11.4 Å². The number of carbonyl (C=O) groups excluding carboxylic acids is 1. The van der Waals surface area contributed by atoms with Crippen LogP contribution in [0.1, 0.15) is 40.3 Å². The number of rotatable bonds is 5. The lowest BCUT2D eigenvalue weighted by atomic mass is 10.1. The summed E-state index contributed by atoms with van der Waals surface area (Å²) < 4.78 is 13.2. The number of carbonyl (C=O) groups is 2. The van der Waals surface area contributed by atoms with E-state index in [1.807, 2.05) is 6.07 Å². The van der Waals surface area contributed by atoms with Crippen LogP contribution in [0.5, 0.6) is 0 Å². The highest BCUT2D eigenvalue weighted by Crippen LogP contribution is 2.24. The maximum absolute atomic E-state index is 13.2. The molecule has 3 rings (SSSR count). The Morgan fingerprint density at radius 2 is 2.25 bits per heavy atom. The first-order valence-corrected chi connectivity index (χ1v) is 8.62. The molecule has 1 aromatic carbocycles. The average Bonchev–Trinajstić information content (AvgIpc) is 3.15. The number of thiazole rings is 1. The molecule has 1 aromatic heterocycles. The molecule has 0 aliphatic carbocycles. The molecule has 0 saturated carbocycles. The van der Waals surface area contributed by atoms with Gasteiger partial charge in [-0.25, -0.2) is 9.37 Å². The summed E-state index contributed by atoms with van der Waals surface area (Å²) in [6, 6.07) is 6.03. The third kappa shape index (κ3) is 3.79. The van der Waals surface area contributed by atoms with Gasteiger partial charge in [0.1, 0.15) is 11.5 Å². The van der Waals surface area contributed by atoms with E-state index in [9.17, 15) is 14.0 Å². The predicted octanol–water partition coefficient (Wildman–Crippen LogP) is 2.95. The second-order valence-corrected chi connectivity index (χ2v) is 6.77. The number of likely N-dealkylation sites (tertiary alicyclic amines) is 1. The zero-order valence-corrected chi connectivity index (χ0v) is 13.8. The highest BCUT2D eigenvalue weighted by Gasteiger charge is 2.31. The van der Waals surface area contributed by atoms with Crippen molar-refractivity contribution in [3.05, 3.63) is 51.7 Å². The van der Waals surface area contributed by atoms with Crippen molar-refractivity contribution in [3.63, 3.8) is 0 Å². The van der Waals surface area contributed by atoms with Crippen LogP contribution in [0, 0.1) is 5.82 Å². The average molecular weight is 348 g/mol. The van der Waals surface area contributed by atoms with Crippen LogP contribution in [-0.2, 0) is 11.2 Å². The molecule has 1 saturated heterocycles.